The van der Waals surface area contributed by atoms with Crippen molar-refractivity contribution in [1.29, 1.82) is 0 Å². The van der Waals surface area contributed by atoms with Crippen LogP contribution in [0.5, 0.6) is 0 Å². The first kappa shape index (κ1) is 12.3. The van der Waals surface area contributed by atoms with Gasteiger partial charge in [-0.1, -0.05) is 5.11 Å². The minimum absolute atomic E-state index is 0.149. The largest absolute Gasteiger partial charge is 0.456 e. The molecule has 0 saturated heterocycles. The minimum atomic E-state index is -0.149. The summed E-state index contributed by atoms with van der Waals surface area (Å²) >= 11 is 0. The number of hydrogen-bond donors (Lipinski definition) is 0. The van der Waals surface area contributed by atoms with Gasteiger partial charge in [0.15, 0.2) is 0 Å². The highest BCUT2D eigenvalue weighted by atomic mass is 16.6. The molecule has 0 bridgehead atoms. The van der Waals surface area contributed by atoms with E-state index >= 15 is 0 Å². The Bertz CT molecular complexity index is 156. The van der Waals surface area contributed by atoms with Gasteiger partial charge in [-0.05, 0) is 32.1 Å². The van der Waals surface area contributed by atoms with Gasteiger partial charge in [-0.3, -0.25) is 0 Å². The molecule has 0 fully saturated rings. The molecule has 0 aliphatic carbocycles. The maximum Gasteiger partial charge on any atom is 0.456 e. The number of nitrogens with zero attached hydrogens (tertiary/aromatic N) is 3. The van der Waals surface area contributed by atoms with Crippen LogP contribution >= 0.6 is 0 Å². The van der Waals surface area contributed by atoms with Crippen LogP contribution in [-0.2, 0) is 9.31 Å². The molecule has 6 heteroatoms. The predicted molar refractivity (Wildman–Crippen MR) is 52.4 cm³/mol. The second-order valence-electron chi connectivity index (χ2n) is 2.44. The molecule has 0 spiro atoms. The van der Waals surface area contributed by atoms with Gasteiger partial charge in [0.25, 0.3) is 0 Å². The van der Waals surface area contributed by atoms with Crippen LogP contribution in [0.15, 0.2) is 5.11 Å². The van der Waals surface area contributed by atoms with Gasteiger partial charge in [0.05, 0.1) is 0 Å². The molecule has 0 atom stereocenters. The lowest BCUT2D eigenvalue weighted by Crippen LogP contribution is -2.22. The van der Waals surface area contributed by atoms with Gasteiger partial charge in [-0.25, -0.2) is 0 Å². The van der Waals surface area contributed by atoms with E-state index < -0.39 is 0 Å². The van der Waals surface area contributed by atoms with Crippen molar-refractivity contribution in [3.05, 3.63) is 10.4 Å². The summed E-state index contributed by atoms with van der Waals surface area (Å²) in [5.41, 5.74) is 8.03. The van der Waals surface area contributed by atoms with E-state index in [0.717, 1.165) is 12.7 Å². The highest BCUT2D eigenvalue weighted by Gasteiger charge is 2.15. The van der Waals surface area contributed by atoms with Gasteiger partial charge in [-0.15, -0.1) is 0 Å². The normalized spacial score (nSPS) is 9.38. The van der Waals surface area contributed by atoms with Gasteiger partial charge in [0.2, 0.25) is 0 Å². The highest BCUT2D eigenvalue weighted by molar-refractivity contribution is 6.44. The molecule has 0 N–H and O–H groups in total. The summed E-state index contributed by atoms with van der Waals surface area (Å²) in [6, 6.07) is 0. The number of hydrogen-bond acceptors (Lipinski definition) is 3. The third-order valence-corrected chi connectivity index (χ3v) is 1.47. The molecule has 0 aromatic rings. The van der Waals surface area contributed by atoms with Crippen LogP contribution in [0.4, 0.5) is 0 Å². The van der Waals surface area contributed by atoms with Crippen molar-refractivity contribution >= 4 is 7.12 Å². The van der Waals surface area contributed by atoms with E-state index in [2.05, 4.69) is 10.0 Å². The Kier molecular flexibility index (Phi) is 8.87. The third kappa shape index (κ3) is 7.65. The molecule has 5 nitrogen and oxygen atoms in total. The summed E-state index contributed by atoms with van der Waals surface area (Å²) in [5.74, 6) is 0. The van der Waals surface area contributed by atoms with E-state index in [1.807, 2.05) is 13.8 Å². The summed E-state index contributed by atoms with van der Waals surface area (Å²) < 4.78 is 10.6. The zero-order chi connectivity index (χ0) is 9.94. The highest BCUT2D eigenvalue weighted by Crippen LogP contribution is 2.01. The SMILES string of the molecule is CCOB(CCCN=[N+]=[N-])OCC. The molecule has 0 aromatic heterocycles. The first-order chi connectivity index (χ1) is 6.35. The lowest BCUT2D eigenvalue weighted by molar-refractivity contribution is 0.213. The lowest BCUT2D eigenvalue weighted by atomic mass is 9.83. The first-order valence-corrected chi connectivity index (χ1v) is 4.59. The maximum atomic E-state index is 8.03. The summed E-state index contributed by atoms with van der Waals surface area (Å²) in [6.45, 7) is 5.66. The second-order valence-corrected chi connectivity index (χ2v) is 2.44. The average molecular weight is 185 g/mol. The summed E-state index contributed by atoms with van der Waals surface area (Å²) in [7, 11) is -0.149. The molecule has 0 rings (SSSR count). The zero-order valence-electron chi connectivity index (χ0n) is 8.27. The minimum Gasteiger partial charge on any atom is -0.411 e. The van der Waals surface area contributed by atoms with Crippen LogP contribution in [0.2, 0.25) is 6.32 Å². The molecule has 0 radical (unpaired) electrons. The van der Waals surface area contributed by atoms with Gasteiger partial charge < -0.3 is 9.31 Å². The average Bonchev–Trinajstić information content (AvgIpc) is 2.13. The fraction of sp³-hybridized carbons (Fsp3) is 1.00. The molecule has 0 amide bonds. The van der Waals surface area contributed by atoms with E-state index in [4.69, 9.17) is 14.8 Å². The van der Waals surface area contributed by atoms with Gasteiger partial charge >= 0.3 is 7.12 Å². The van der Waals surface area contributed by atoms with Crippen molar-refractivity contribution in [3.8, 4) is 0 Å². The molecule has 0 heterocycles. The first-order valence-electron chi connectivity index (χ1n) is 4.59. The molecule has 0 aliphatic heterocycles. The number of azide groups is 1. The van der Waals surface area contributed by atoms with E-state index in [9.17, 15) is 0 Å². The molecule has 0 unspecified atom stereocenters. The van der Waals surface area contributed by atoms with Crippen LogP contribution in [0.25, 0.3) is 10.4 Å². The molecular weight excluding hydrogens is 169 g/mol. The van der Waals surface area contributed by atoms with Crippen molar-refractivity contribution in [3.63, 3.8) is 0 Å². The quantitative estimate of drug-likeness (QED) is 0.191. The zero-order valence-corrected chi connectivity index (χ0v) is 8.27. The lowest BCUT2D eigenvalue weighted by Gasteiger charge is -2.10. The van der Waals surface area contributed by atoms with Crippen LogP contribution in [0.3, 0.4) is 0 Å². The van der Waals surface area contributed by atoms with E-state index in [1.165, 1.54) is 0 Å². The Morgan fingerprint density at radius 2 is 1.92 bits per heavy atom. The van der Waals surface area contributed by atoms with Crippen molar-refractivity contribution < 1.29 is 9.31 Å². The fourth-order valence-corrected chi connectivity index (χ4v) is 0.960. The Hall–Kier alpha value is -0.705. The van der Waals surface area contributed by atoms with Crippen LogP contribution in [0, 0.1) is 0 Å². The van der Waals surface area contributed by atoms with E-state index in [-0.39, 0.29) is 7.12 Å². The monoisotopic (exact) mass is 185 g/mol. The number of rotatable bonds is 8. The Morgan fingerprint density at radius 3 is 2.38 bits per heavy atom. The van der Waals surface area contributed by atoms with Crippen molar-refractivity contribution in [2.45, 2.75) is 26.6 Å². The molecule has 13 heavy (non-hydrogen) atoms. The predicted octanol–water partition coefficient (Wildman–Crippen LogP) is 2.25. The smallest absolute Gasteiger partial charge is 0.411 e. The summed E-state index contributed by atoms with van der Waals surface area (Å²) in [5, 5.41) is 3.43. The Balaban J connectivity index is 3.48. The van der Waals surface area contributed by atoms with Crippen LogP contribution in [0.1, 0.15) is 20.3 Å². The third-order valence-electron chi connectivity index (χ3n) is 1.47. The van der Waals surface area contributed by atoms with Gasteiger partial charge in [-0.2, -0.15) is 0 Å². The Labute approximate surface area is 79.2 Å². The van der Waals surface area contributed by atoms with Crippen molar-refractivity contribution in [1.82, 2.24) is 0 Å². The van der Waals surface area contributed by atoms with Gasteiger partial charge in [0, 0.05) is 24.7 Å². The maximum absolute atomic E-state index is 8.03. The van der Waals surface area contributed by atoms with E-state index in [1.54, 1.807) is 0 Å². The molecule has 0 aromatic carbocycles. The van der Waals surface area contributed by atoms with Crippen molar-refractivity contribution in [2.24, 2.45) is 5.11 Å². The molecule has 0 saturated carbocycles. The second kappa shape index (κ2) is 9.38. The van der Waals surface area contributed by atoms with Gasteiger partial charge in [0.1, 0.15) is 0 Å². The summed E-state index contributed by atoms with van der Waals surface area (Å²) in [4.78, 5) is 2.67. The molecular formula is C7H16BN3O2. The van der Waals surface area contributed by atoms with Crippen molar-refractivity contribution in [2.75, 3.05) is 19.8 Å². The van der Waals surface area contributed by atoms with Crippen LogP contribution < -0.4 is 0 Å². The van der Waals surface area contributed by atoms with Crippen LogP contribution in [-0.4, -0.2) is 26.9 Å². The summed E-state index contributed by atoms with van der Waals surface area (Å²) in [6.07, 6.45) is 1.58. The molecule has 74 valence electrons. The van der Waals surface area contributed by atoms with E-state index in [0.29, 0.717) is 19.8 Å². The topological polar surface area (TPSA) is 67.2 Å². The standard InChI is InChI=1S/C7H16BN3O2/c1-3-12-8(13-4-2)6-5-7-10-11-9/h3-7H2,1-2H3. The fourth-order valence-electron chi connectivity index (χ4n) is 0.960. The Morgan fingerprint density at radius 1 is 1.31 bits per heavy atom. The molecule has 0 aliphatic rings.